The lowest BCUT2D eigenvalue weighted by atomic mass is 10.2. The molecule has 0 aromatic heterocycles. The molecule has 0 radical (unpaired) electrons. The van der Waals surface area contributed by atoms with Crippen molar-refractivity contribution in [2.75, 3.05) is 6.61 Å². The number of rotatable bonds is 7. The molecule has 1 aromatic carbocycles. The summed E-state index contributed by atoms with van der Waals surface area (Å²) in [7, 11) is 0. The van der Waals surface area contributed by atoms with Crippen LogP contribution in [0.25, 0.3) is 0 Å². The average molecular weight is 283 g/mol. The Morgan fingerprint density at radius 3 is 2.70 bits per heavy atom. The van der Waals surface area contributed by atoms with E-state index >= 15 is 0 Å². The summed E-state index contributed by atoms with van der Waals surface area (Å²) in [4.78, 5) is 22.3. The second-order valence-corrected chi connectivity index (χ2v) is 4.53. The van der Waals surface area contributed by atoms with Gasteiger partial charge in [0.05, 0.1) is 5.56 Å². The second kappa shape index (κ2) is 7.47. The monoisotopic (exact) mass is 283 g/mol. The van der Waals surface area contributed by atoms with E-state index in [2.05, 4.69) is 5.32 Å². The highest BCUT2D eigenvalue weighted by molar-refractivity contribution is 5.88. The second-order valence-electron chi connectivity index (χ2n) is 4.53. The number of nitrogens with one attached hydrogen (secondary N) is 1. The zero-order valence-electron chi connectivity index (χ0n) is 11.5. The smallest absolute Gasteiger partial charge is 0.335 e. The standard InChI is InChI=1S/C14H18FNO4/c1-3-4-9(2)16-13(17)8-20-12-6-10(14(18)19)5-11(15)7-12/h5-7,9H,3-4,8H2,1-2H3,(H,16,17)(H,18,19). The minimum Gasteiger partial charge on any atom is -0.484 e. The van der Waals surface area contributed by atoms with Crippen LogP contribution in [0.4, 0.5) is 4.39 Å². The van der Waals surface area contributed by atoms with Gasteiger partial charge in [0.15, 0.2) is 6.61 Å². The normalized spacial score (nSPS) is 11.8. The summed E-state index contributed by atoms with van der Waals surface area (Å²) in [6.45, 7) is 3.61. The van der Waals surface area contributed by atoms with Gasteiger partial charge in [-0.3, -0.25) is 4.79 Å². The summed E-state index contributed by atoms with van der Waals surface area (Å²) < 4.78 is 18.3. The Labute approximate surface area is 116 Å². The Balaban J connectivity index is 2.57. The van der Waals surface area contributed by atoms with Gasteiger partial charge in [0, 0.05) is 12.1 Å². The van der Waals surface area contributed by atoms with Crippen molar-refractivity contribution in [1.82, 2.24) is 5.32 Å². The molecule has 5 nitrogen and oxygen atoms in total. The predicted octanol–water partition coefficient (Wildman–Crippen LogP) is 2.21. The SMILES string of the molecule is CCCC(C)NC(=O)COc1cc(F)cc(C(=O)O)c1. The van der Waals surface area contributed by atoms with Crippen LogP contribution in [0.5, 0.6) is 5.75 Å². The number of carbonyl (C=O) groups excluding carboxylic acids is 1. The fourth-order valence-electron chi connectivity index (χ4n) is 1.74. The molecule has 0 aliphatic heterocycles. The Hall–Kier alpha value is -2.11. The lowest BCUT2D eigenvalue weighted by Crippen LogP contribution is -2.35. The summed E-state index contributed by atoms with van der Waals surface area (Å²) in [5.74, 6) is -2.29. The van der Waals surface area contributed by atoms with E-state index in [4.69, 9.17) is 9.84 Å². The number of halogens is 1. The van der Waals surface area contributed by atoms with E-state index in [0.717, 1.165) is 25.0 Å². The number of carboxylic acids is 1. The maximum Gasteiger partial charge on any atom is 0.335 e. The zero-order chi connectivity index (χ0) is 15.1. The predicted molar refractivity (Wildman–Crippen MR) is 71.4 cm³/mol. The van der Waals surface area contributed by atoms with Crippen LogP contribution in [0.1, 0.15) is 37.0 Å². The van der Waals surface area contributed by atoms with Gasteiger partial charge >= 0.3 is 5.97 Å². The van der Waals surface area contributed by atoms with Gasteiger partial charge in [-0.15, -0.1) is 0 Å². The molecule has 110 valence electrons. The van der Waals surface area contributed by atoms with Crippen LogP contribution in [-0.2, 0) is 4.79 Å². The molecule has 1 amide bonds. The highest BCUT2D eigenvalue weighted by Crippen LogP contribution is 2.16. The highest BCUT2D eigenvalue weighted by Gasteiger charge is 2.10. The van der Waals surface area contributed by atoms with Gasteiger partial charge in [0.1, 0.15) is 11.6 Å². The van der Waals surface area contributed by atoms with Crippen LogP contribution in [0, 0.1) is 5.82 Å². The number of ether oxygens (including phenoxy) is 1. The molecule has 1 atom stereocenters. The molecule has 0 aliphatic rings. The molecular formula is C14H18FNO4. The molecule has 20 heavy (non-hydrogen) atoms. The van der Waals surface area contributed by atoms with E-state index in [-0.39, 0.29) is 29.9 Å². The molecule has 0 aliphatic carbocycles. The van der Waals surface area contributed by atoms with E-state index in [1.165, 1.54) is 6.07 Å². The number of benzene rings is 1. The van der Waals surface area contributed by atoms with Crippen molar-refractivity contribution in [3.8, 4) is 5.75 Å². The molecular weight excluding hydrogens is 265 g/mol. The topological polar surface area (TPSA) is 75.6 Å². The van der Waals surface area contributed by atoms with E-state index in [1.54, 1.807) is 0 Å². The summed E-state index contributed by atoms with van der Waals surface area (Å²) in [6.07, 6.45) is 1.81. The highest BCUT2D eigenvalue weighted by atomic mass is 19.1. The maximum atomic E-state index is 13.2. The lowest BCUT2D eigenvalue weighted by molar-refractivity contribution is -0.123. The number of amides is 1. The van der Waals surface area contributed by atoms with Crippen LogP contribution in [0.15, 0.2) is 18.2 Å². The Morgan fingerprint density at radius 1 is 1.40 bits per heavy atom. The van der Waals surface area contributed by atoms with Crippen molar-refractivity contribution >= 4 is 11.9 Å². The molecule has 1 rings (SSSR count). The first-order valence-electron chi connectivity index (χ1n) is 6.38. The molecule has 0 fully saturated rings. The van der Waals surface area contributed by atoms with E-state index < -0.39 is 11.8 Å². The molecule has 0 spiro atoms. The van der Waals surface area contributed by atoms with Gasteiger partial charge in [0.25, 0.3) is 5.91 Å². The Kier molecular flexibility index (Phi) is 5.96. The molecule has 6 heteroatoms. The van der Waals surface area contributed by atoms with Gasteiger partial charge in [-0.1, -0.05) is 13.3 Å². The molecule has 1 aromatic rings. The average Bonchev–Trinajstić information content (AvgIpc) is 2.36. The first-order chi connectivity index (χ1) is 9.42. The third-order valence-corrected chi connectivity index (χ3v) is 2.62. The van der Waals surface area contributed by atoms with Crippen molar-refractivity contribution in [3.05, 3.63) is 29.6 Å². The van der Waals surface area contributed by atoms with Gasteiger partial charge in [-0.2, -0.15) is 0 Å². The van der Waals surface area contributed by atoms with Crippen molar-refractivity contribution in [3.63, 3.8) is 0 Å². The Morgan fingerprint density at radius 2 is 2.10 bits per heavy atom. The fourth-order valence-corrected chi connectivity index (χ4v) is 1.74. The van der Waals surface area contributed by atoms with Gasteiger partial charge < -0.3 is 15.2 Å². The lowest BCUT2D eigenvalue weighted by Gasteiger charge is -2.13. The van der Waals surface area contributed by atoms with Gasteiger partial charge in [0.2, 0.25) is 0 Å². The number of hydrogen-bond donors (Lipinski definition) is 2. The summed E-state index contributed by atoms with van der Waals surface area (Å²) in [5.41, 5.74) is -0.222. The van der Waals surface area contributed by atoms with Gasteiger partial charge in [-0.05, 0) is 25.5 Å². The first kappa shape index (κ1) is 15.9. The number of carboxylic acid groups (broad SMARTS) is 1. The van der Waals surface area contributed by atoms with E-state index in [9.17, 15) is 14.0 Å². The number of aromatic carboxylic acids is 1. The molecule has 0 bridgehead atoms. The van der Waals surface area contributed by atoms with E-state index in [1.807, 2.05) is 13.8 Å². The van der Waals surface area contributed by atoms with E-state index in [0.29, 0.717) is 0 Å². The van der Waals surface area contributed by atoms with Crippen LogP contribution in [0.3, 0.4) is 0 Å². The molecule has 0 saturated carbocycles. The third kappa shape index (κ3) is 5.26. The number of carbonyl (C=O) groups is 2. The third-order valence-electron chi connectivity index (χ3n) is 2.62. The van der Waals surface area contributed by atoms with Crippen LogP contribution in [-0.4, -0.2) is 29.6 Å². The minimum atomic E-state index is -1.25. The minimum absolute atomic E-state index is 0.0145. The summed E-state index contributed by atoms with van der Waals surface area (Å²) >= 11 is 0. The largest absolute Gasteiger partial charge is 0.484 e. The summed E-state index contributed by atoms with van der Waals surface area (Å²) in [5, 5.41) is 11.5. The van der Waals surface area contributed by atoms with Crippen molar-refractivity contribution in [2.45, 2.75) is 32.7 Å². The molecule has 2 N–H and O–H groups in total. The quantitative estimate of drug-likeness (QED) is 0.804. The fraction of sp³-hybridized carbons (Fsp3) is 0.429. The molecule has 0 heterocycles. The number of hydrogen-bond acceptors (Lipinski definition) is 3. The van der Waals surface area contributed by atoms with Crippen molar-refractivity contribution in [2.24, 2.45) is 0 Å². The summed E-state index contributed by atoms with van der Waals surface area (Å²) in [6, 6.07) is 3.14. The molecule has 1 unspecified atom stereocenters. The maximum absolute atomic E-state index is 13.2. The van der Waals surface area contributed by atoms with Crippen LogP contribution < -0.4 is 10.1 Å². The van der Waals surface area contributed by atoms with Crippen molar-refractivity contribution < 1.29 is 23.8 Å². The first-order valence-corrected chi connectivity index (χ1v) is 6.38. The van der Waals surface area contributed by atoms with Crippen molar-refractivity contribution in [1.29, 1.82) is 0 Å². The van der Waals surface area contributed by atoms with Crippen LogP contribution in [0.2, 0.25) is 0 Å². The molecule has 0 saturated heterocycles. The Bertz CT molecular complexity index is 490. The van der Waals surface area contributed by atoms with Crippen LogP contribution >= 0.6 is 0 Å². The van der Waals surface area contributed by atoms with Gasteiger partial charge in [-0.25, -0.2) is 9.18 Å². The zero-order valence-corrected chi connectivity index (χ0v) is 11.5.